The zero-order chi connectivity index (χ0) is 12.0. The Kier molecular flexibility index (Phi) is 4.65. The first-order valence-corrected chi connectivity index (χ1v) is 5.38. The fourth-order valence-corrected chi connectivity index (χ4v) is 1.66. The summed E-state index contributed by atoms with van der Waals surface area (Å²) in [5, 5.41) is 9.08. The van der Waals surface area contributed by atoms with E-state index in [-0.39, 0.29) is 5.92 Å². The molecule has 0 spiro atoms. The van der Waals surface area contributed by atoms with Gasteiger partial charge in [-0.3, -0.25) is 0 Å². The highest BCUT2D eigenvalue weighted by molar-refractivity contribution is 5.44. The van der Waals surface area contributed by atoms with Gasteiger partial charge in [-0.1, -0.05) is 19.4 Å². The third-order valence-electron chi connectivity index (χ3n) is 2.54. The Morgan fingerprint density at radius 3 is 2.44 bits per heavy atom. The first-order valence-electron chi connectivity index (χ1n) is 5.38. The van der Waals surface area contributed by atoms with Crippen LogP contribution in [0.15, 0.2) is 18.2 Å². The second kappa shape index (κ2) is 6.02. The monoisotopic (exact) mass is 219 g/mol. The Labute approximate surface area is 96.6 Å². The normalized spacial score (nSPS) is 11.6. The van der Waals surface area contributed by atoms with Crippen molar-refractivity contribution in [3.63, 3.8) is 0 Å². The van der Waals surface area contributed by atoms with Crippen molar-refractivity contribution in [3.8, 4) is 17.6 Å². The Hall–Kier alpha value is -1.69. The molecule has 0 aliphatic carbocycles. The lowest BCUT2D eigenvalue weighted by Crippen LogP contribution is -1.97. The molecule has 16 heavy (non-hydrogen) atoms. The van der Waals surface area contributed by atoms with Crippen molar-refractivity contribution in [1.82, 2.24) is 0 Å². The maximum Gasteiger partial charge on any atom is 0.161 e. The van der Waals surface area contributed by atoms with Crippen LogP contribution < -0.4 is 9.47 Å². The number of methoxy groups -OCH3 is 2. The minimum absolute atomic E-state index is 0.0650. The van der Waals surface area contributed by atoms with E-state index in [0.29, 0.717) is 11.5 Å². The molecule has 1 rings (SSSR count). The maximum absolute atomic E-state index is 9.08. The third-order valence-corrected chi connectivity index (χ3v) is 2.54. The molecule has 86 valence electrons. The zero-order valence-corrected chi connectivity index (χ0v) is 9.99. The van der Waals surface area contributed by atoms with Crippen LogP contribution in [0, 0.1) is 11.3 Å². The van der Waals surface area contributed by atoms with Crippen LogP contribution in [0.2, 0.25) is 0 Å². The largest absolute Gasteiger partial charge is 0.493 e. The predicted molar refractivity (Wildman–Crippen MR) is 62.8 cm³/mol. The first-order chi connectivity index (χ1) is 7.76. The van der Waals surface area contributed by atoms with Crippen molar-refractivity contribution in [1.29, 1.82) is 5.26 Å². The van der Waals surface area contributed by atoms with Gasteiger partial charge in [-0.05, 0) is 24.1 Å². The molecule has 0 aromatic heterocycles. The summed E-state index contributed by atoms with van der Waals surface area (Å²) in [7, 11) is 3.20. The Balaban J connectivity index is 3.02. The van der Waals surface area contributed by atoms with Crippen LogP contribution in [-0.4, -0.2) is 14.2 Å². The average molecular weight is 219 g/mol. The number of ether oxygens (including phenoxy) is 2. The highest BCUT2D eigenvalue weighted by Crippen LogP contribution is 2.31. The van der Waals surface area contributed by atoms with Crippen LogP contribution >= 0.6 is 0 Å². The molecule has 0 N–H and O–H groups in total. The Morgan fingerprint density at radius 1 is 1.25 bits per heavy atom. The number of benzene rings is 1. The van der Waals surface area contributed by atoms with Gasteiger partial charge in [0.25, 0.3) is 0 Å². The van der Waals surface area contributed by atoms with Gasteiger partial charge in [0.1, 0.15) is 0 Å². The number of nitriles is 1. The van der Waals surface area contributed by atoms with E-state index >= 15 is 0 Å². The predicted octanol–water partition coefficient (Wildman–Crippen LogP) is 3.11. The molecule has 0 amide bonds. The van der Waals surface area contributed by atoms with Crippen LogP contribution in [0.3, 0.4) is 0 Å². The molecule has 3 nitrogen and oxygen atoms in total. The second-order valence-corrected chi connectivity index (χ2v) is 3.58. The summed E-state index contributed by atoms with van der Waals surface area (Å²) in [5.41, 5.74) is 0.988. The van der Waals surface area contributed by atoms with Gasteiger partial charge in [0.2, 0.25) is 0 Å². The van der Waals surface area contributed by atoms with Gasteiger partial charge in [0.05, 0.1) is 26.2 Å². The van der Waals surface area contributed by atoms with Crippen LogP contribution in [0.25, 0.3) is 0 Å². The van der Waals surface area contributed by atoms with Crippen LogP contribution in [0.1, 0.15) is 31.2 Å². The molecule has 1 aromatic carbocycles. The van der Waals surface area contributed by atoms with Crippen molar-refractivity contribution in [2.24, 2.45) is 0 Å². The maximum atomic E-state index is 9.08. The highest BCUT2D eigenvalue weighted by atomic mass is 16.5. The summed E-state index contributed by atoms with van der Waals surface area (Å²) < 4.78 is 10.4. The Bertz CT molecular complexity index is 382. The SMILES string of the molecule is CCCC(C#N)c1ccc(OC)c(OC)c1. The van der Waals surface area contributed by atoms with E-state index in [4.69, 9.17) is 14.7 Å². The van der Waals surface area contributed by atoms with Gasteiger partial charge in [0.15, 0.2) is 11.5 Å². The van der Waals surface area contributed by atoms with E-state index in [2.05, 4.69) is 13.0 Å². The number of hydrogen-bond acceptors (Lipinski definition) is 3. The topological polar surface area (TPSA) is 42.2 Å². The second-order valence-electron chi connectivity index (χ2n) is 3.58. The highest BCUT2D eigenvalue weighted by Gasteiger charge is 2.12. The molecule has 1 atom stereocenters. The minimum atomic E-state index is -0.0650. The van der Waals surface area contributed by atoms with Gasteiger partial charge in [-0.25, -0.2) is 0 Å². The standard InChI is InChI=1S/C13H17NO2/c1-4-5-11(9-14)10-6-7-12(15-2)13(8-10)16-3/h6-8,11H,4-5H2,1-3H3. The average Bonchev–Trinajstić information content (AvgIpc) is 2.35. The molecule has 0 saturated heterocycles. The summed E-state index contributed by atoms with van der Waals surface area (Å²) in [6, 6.07) is 7.95. The molecular weight excluding hydrogens is 202 g/mol. The summed E-state index contributed by atoms with van der Waals surface area (Å²) in [6.07, 6.45) is 1.86. The van der Waals surface area contributed by atoms with Gasteiger partial charge in [-0.15, -0.1) is 0 Å². The minimum Gasteiger partial charge on any atom is -0.493 e. The molecule has 0 aliphatic rings. The molecule has 0 bridgehead atoms. The summed E-state index contributed by atoms with van der Waals surface area (Å²) in [5.74, 6) is 1.31. The molecule has 0 saturated carbocycles. The van der Waals surface area contributed by atoms with Crippen molar-refractivity contribution in [2.75, 3.05) is 14.2 Å². The van der Waals surface area contributed by atoms with Crippen LogP contribution in [-0.2, 0) is 0 Å². The van der Waals surface area contributed by atoms with E-state index in [1.807, 2.05) is 18.2 Å². The molecule has 0 heterocycles. The summed E-state index contributed by atoms with van der Waals surface area (Å²) in [6.45, 7) is 2.07. The van der Waals surface area contributed by atoms with Crippen molar-refractivity contribution in [2.45, 2.75) is 25.7 Å². The number of hydrogen-bond donors (Lipinski definition) is 0. The van der Waals surface area contributed by atoms with E-state index in [1.165, 1.54) is 0 Å². The molecule has 3 heteroatoms. The van der Waals surface area contributed by atoms with E-state index < -0.39 is 0 Å². The van der Waals surface area contributed by atoms with E-state index in [0.717, 1.165) is 18.4 Å². The molecule has 1 aromatic rings. The van der Waals surface area contributed by atoms with Crippen molar-refractivity contribution in [3.05, 3.63) is 23.8 Å². The molecule has 0 radical (unpaired) electrons. The zero-order valence-electron chi connectivity index (χ0n) is 9.99. The lowest BCUT2D eigenvalue weighted by atomic mass is 9.96. The lowest BCUT2D eigenvalue weighted by Gasteiger charge is -2.12. The van der Waals surface area contributed by atoms with Crippen LogP contribution in [0.5, 0.6) is 11.5 Å². The van der Waals surface area contributed by atoms with Crippen molar-refractivity contribution >= 4 is 0 Å². The first kappa shape index (κ1) is 12.4. The van der Waals surface area contributed by atoms with Gasteiger partial charge in [-0.2, -0.15) is 5.26 Å². The van der Waals surface area contributed by atoms with Crippen LogP contribution in [0.4, 0.5) is 0 Å². The van der Waals surface area contributed by atoms with Gasteiger partial charge < -0.3 is 9.47 Å². The van der Waals surface area contributed by atoms with E-state index in [1.54, 1.807) is 14.2 Å². The number of rotatable bonds is 5. The molecule has 0 fully saturated rings. The third kappa shape index (κ3) is 2.66. The Morgan fingerprint density at radius 2 is 1.94 bits per heavy atom. The van der Waals surface area contributed by atoms with Gasteiger partial charge >= 0.3 is 0 Å². The molecule has 1 unspecified atom stereocenters. The van der Waals surface area contributed by atoms with Crippen molar-refractivity contribution < 1.29 is 9.47 Å². The summed E-state index contributed by atoms with van der Waals surface area (Å²) >= 11 is 0. The fraction of sp³-hybridized carbons (Fsp3) is 0.462. The summed E-state index contributed by atoms with van der Waals surface area (Å²) in [4.78, 5) is 0. The smallest absolute Gasteiger partial charge is 0.161 e. The van der Waals surface area contributed by atoms with Gasteiger partial charge in [0, 0.05) is 0 Å². The fourth-order valence-electron chi connectivity index (χ4n) is 1.66. The molecule has 0 aliphatic heterocycles. The number of nitrogens with zero attached hydrogens (tertiary/aromatic N) is 1. The molecular formula is C13H17NO2. The lowest BCUT2D eigenvalue weighted by molar-refractivity contribution is 0.354. The van der Waals surface area contributed by atoms with E-state index in [9.17, 15) is 0 Å². The quantitative estimate of drug-likeness (QED) is 0.764.